The molecule has 58 valence electrons. The van der Waals surface area contributed by atoms with Crippen LogP contribution in [0.25, 0.3) is 0 Å². The summed E-state index contributed by atoms with van der Waals surface area (Å²) in [7, 11) is 0. The molecule has 0 N–H and O–H groups in total. The van der Waals surface area contributed by atoms with Gasteiger partial charge < -0.3 is 0 Å². The zero-order valence-corrected chi connectivity index (χ0v) is 7.57. The van der Waals surface area contributed by atoms with Crippen molar-refractivity contribution in [3.8, 4) is 0 Å². The van der Waals surface area contributed by atoms with Crippen molar-refractivity contribution in [2.24, 2.45) is 0 Å². The van der Waals surface area contributed by atoms with E-state index in [9.17, 15) is 0 Å². The van der Waals surface area contributed by atoms with Crippen LogP contribution >= 0.6 is 0 Å². The van der Waals surface area contributed by atoms with E-state index in [0.717, 1.165) is 12.8 Å². The van der Waals surface area contributed by atoms with E-state index in [4.69, 9.17) is 0 Å². The first-order valence-electron chi connectivity index (χ1n) is 4.06. The molecule has 0 nitrogen and oxygen atoms in total. The summed E-state index contributed by atoms with van der Waals surface area (Å²) in [5.74, 6) is 0. The van der Waals surface area contributed by atoms with Crippen LogP contribution in [0.3, 0.4) is 0 Å². The van der Waals surface area contributed by atoms with Crippen molar-refractivity contribution in [1.82, 2.24) is 0 Å². The molecule has 0 unspecified atom stereocenters. The van der Waals surface area contributed by atoms with E-state index < -0.39 is 0 Å². The van der Waals surface area contributed by atoms with E-state index in [1.54, 1.807) is 0 Å². The number of allylic oxidation sites excluding steroid dienone is 4. The lowest BCUT2D eigenvalue weighted by Gasteiger charge is -1.98. The van der Waals surface area contributed by atoms with Crippen LogP contribution in [0.15, 0.2) is 23.3 Å². The summed E-state index contributed by atoms with van der Waals surface area (Å²) in [6, 6.07) is 0. The molecule has 0 fully saturated rings. The Hall–Kier alpha value is -0.520. The van der Waals surface area contributed by atoms with Crippen LogP contribution in [0.4, 0.5) is 0 Å². The van der Waals surface area contributed by atoms with Gasteiger partial charge in [-0.2, -0.15) is 0 Å². The van der Waals surface area contributed by atoms with Crippen molar-refractivity contribution < 1.29 is 0 Å². The van der Waals surface area contributed by atoms with Crippen LogP contribution < -0.4 is 0 Å². The average molecular weight is 138 g/mol. The average Bonchev–Trinajstić information content (AvgIpc) is 1.89. The summed E-state index contributed by atoms with van der Waals surface area (Å²) >= 11 is 0. The molecule has 0 heterocycles. The summed E-state index contributed by atoms with van der Waals surface area (Å²) < 4.78 is 0. The van der Waals surface area contributed by atoms with Gasteiger partial charge in [-0.3, -0.25) is 0 Å². The van der Waals surface area contributed by atoms with Gasteiger partial charge in [-0.1, -0.05) is 37.1 Å². The second-order valence-electron chi connectivity index (χ2n) is 2.59. The molecular weight excluding hydrogens is 120 g/mol. The third-order valence-corrected chi connectivity index (χ3v) is 1.64. The fraction of sp³-hybridized carbons (Fsp3) is 0.600. The lowest BCUT2D eigenvalue weighted by Crippen LogP contribution is -1.78. The van der Waals surface area contributed by atoms with E-state index in [0.29, 0.717) is 0 Å². The minimum absolute atomic E-state index is 1.14. The monoisotopic (exact) mass is 138 g/mol. The van der Waals surface area contributed by atoms with Gasteiger partial charge in [0.15, 0.2) is 0 Å². The lowest BCUT2D eigenvalue weighted by atomic mass is 10.1. The molecule has 0 bridgehead atoms. The fourth-order valence-corrected chi connectivity index (χ4v) is 0.934. The standard InChI is InChI=1S/C10H18/c1-5-7-9(3)10(4)8-6-2/h7-8H,5-6H2,1-4H3/b9-7+,10-8+. The van der Waals surface area contributed by atoms with Gasteiger partial charge in [0.2, 0.25) is 0 Å². The van der Waals surface area contributed by atoms with Crippen LogP contribution in [0.1, 0.15) is 40.5 Å². The van der Waals surface area contributed by atoms with Crippen LogP contribution in [0.2, 0.25) is 0 Å². The Morgan fingerprint density at radius 3 is 1.40 bits per heavy atom. The Morgan fingerprint density at radius 1 is 0.900 bits per heavy atom. The predicted molar refractivity (Wildman–Crippen MR) is 48.1 cm³/mol. The molecule has 0 rings (SSSR count). The Kier molecular flexibility index (Phi) is 5.00. The maximum Gasteiger partial charge on any atom is -0.0374 e. The summed E-state index contributed by atoms with van der Waals surface area (Å²) in [6.45, 7) is 8.68. The van der Waals surface area contributed by atoms with E-state index in [1.807, 2.05) is 0 Å². The first-order valence-corrected chi connectivity index (χ1v) is 4.06. The van der Waals surface area contributed by atoms with E-state index >= 15 is 0 Å². The summed E-state index contributed by atoms with van der Waals surface area (Å²) in [5.41, 5.74) is 2.84. The summed E-state index contributed by atoms with van der Waals surface area (Å²) in [4.78, 5) is 0. The molecule has 0 spiro atoms. The Labute approximate surface area is 64.6 Å². The van der Waals surface area contributed by atoms with E-state index in [1.165, 1.54) is 11.1 Å². The molecule has 0 aliphatic rings. The predicted octanol–water partition coefficient (Wildman–Crippen LogP) is 3.70. The van der Waals surface area contributed by atoms with Crippen molar-refractivity contribution in [2.45, 2.75) is 40.5 Å². The highest BCUT2D eigenvalue weighted by Crippen LogP contribution is 2.09. The molecule has 10 heavy (non-hydrogen) atoms. The van der Waals surface area contributed by atoms with Crippen LogP contribution in [0, 0.1) is 0 Å². The van der Waals surface area contributed by atoms with Gasteiger partial charge in [0.1, 0.15) is 0 Å². The molecule has 0 saturated carbocycles. The molecule has 0 aliphatic heterocycles. The zero-order valence-electron chi connectivity index (χ0n) is 7.57. The Bertz CT molecular complexity index is 120. The molecule has 0 aromatic rings. The van der Waals surface area contributed by atoms with Crippen molar-refractivity contribution in [2.75, 3.05) is 0 Å². The first-order chi connectivity index (χ1) is 4.72. The van der Waals surface area contributed by atoms with Crippen LogP contribution in [-0.2, 0) is 0 Å². The first kappa shape index (κ1) is 9.48. The number of rotatable bonds is 3. The van der Waals surface area contributed by atoms with Gasteiger partial charge in [-0.15, -0.1) is 0 Å². The molecule has 0 aromatic heterocycles. The normalized spacial score (nSPS) is 14.0. The SMILES string of the molecule is CC/C=C(C)/C(C)=C/CC. The molecule has 0 amide bonds. The van der Waals surface area contributed by atoms with Crippen LogP contribution in [-0.4, -0.2) is 0 Å². The summed E-state index contributed by atoms with van der Waals surface area (Å²) in [6.07, 6.45) is 6.81. The topological polar surface area (TPSA) is 0 Å². The second-order valence-corrected chi connectivity index (χ2v) is 2.59. The minimum Gasteiger partial charge on any atom is -0.0816 e. The third-order valence-electron chi connectivity index (χ3n) is 1.64. The molecule has 0 aliphatic carbocycles. The van der Waals surface area contributed by atoms with Gasteiger partial charge in [0, 0.05) is 0 Å². The largest absolute Gasteiger partial charge is 0.0816 e. The lowest BCUT2D eigenvalue weighted by molar-refractivity contribution is 1.14. The molecule has 0 saturated heterocycles. The molecular formula is C10H18. The maximum atomic E-state index is 2.27. The molecule has 0 aromatic carbocycles. The zero-order chi connectivity index (χ0) is 7.98. The van der Waals surface area contributed by atoms with E-state index in [-0.39, 0.29) is 0 Å². The number of hydrogen-bond acceptors (Lipinski definition) is 0. The van der Waals surface area contributed by atoms with Crippen molar-refractivity contribution >= 4 is 0 Å². The van der Waals surface area contributed by atoms with Crippen LogP contribution in [0.5, 0.6) is 0 Å². The maximum absolute atomic E-state index is 2.27. The molecule has 0 atom stereocenters. The Balaban J connectivity index is 4.06. The van der Waals surface area contributed by atoms with Gasteiger partial charge in [0.05, 0.1) is 0 Å². The second kappa shape index (κ2) is 5.28. The van der Waals surface area contributed by atoms with Gasteiger partial charge in [0.25, 0.3) is 0 Å². The highest BCUT2D eigenvalue weighted by atomic mass is 13.9. The van der Waals surface area contributed by atoms with E-state index in [2.05, 4.69) is 39.8 Å². The molecule has 0 radical (unpaired) electrons. The van der Waals surface area contributed by atoms with Gasteiger partial charge in [-0.05, 0) is 26.7 Å². The smallest absolute Gasteiger partial charge is 0.0374 e. The highest BCUT2D eigenvalue weighted by Gasteiger charge is 1.88. The highest BCUT2D eigenvalue weighted by molar-refractivity contribution is 5.26. The minimum atomic E-state index is 1.14. The molecule has 0 heteroatoms. The fourth-order valence-electron chi connectivity index (χ4n) is 0.934. The summed E-state index contributed by atoms with van der Waals surface area (Å²) in [5, 5.41) is 0. The Morgan fingerprint density at radius 2 is 1.20 bits per heavy atom. The third kappa shape index (κ3) is 3.49. The van der Waals surface area contributed by atoms with Crippen molar-refractivity contribution in [1.29, 1.82) is 0 Å². The van der Waals surface area contributed by atoms with Crippen molar-refractivity contribution in [3.63, 3.8) is 0 Å². The van der Waals surface area contributed by atoms with Gasteiger partial charge in [-0.25, -0.2) is 0 Å². The quantitative estimate of drug-likeness (QED) is 0.522. The van der Waals surface area contributed by atoms with Gasteiger partial charge >= 0.3 is 0 Å². The van der Waals surface area contributed by atoms with Crippen molar-refractivity contribution in [3.05, 3.63) is 23.3 Å². The number of hydrogen-bond donors (Lipinski definition) is 0.